The third-order valence-corrected chi connectivity index (χ3v) is 7.17. The minimum Gasteiger partial charge on any atom is -0.497 e. The van der Waals surface area contributed by atoms with E-state index in [2.05, 4.69) is 16.8 Å². The number of aromatic nitrogens is 1. The molecule has 1 atom stereocenters. The largest absolute Gasteiger partial charge is 0.497 e. The number of piperidine rings is 1. The van der Waals surface area contributed by atoms with Crippen LogP contribution < -0.4 is 14.6 Å². The summed E-state index contributed by atoms with van der Waals surface area (Å²) in [5.74, 6) is 1.23. The molecule has 28 heavy (non-hydrogen) atoms. The Kier molecular flexibility index (Phi) is 4.98. The summed E-state index contributed by atoms with van der Waals surface area (Å²) in [5.41, 5.74) is 1.66. The molecule has 1 aliphatic heterocycles. The summed E-state index contributed by atoms with van der Waals surface area (Å²) >= 11 is 0. The van der Waals surface area contributed by atoms with E-state index in [0.29, 0.717) is 21.5 Å². The number of pyridine rings is 1. The maximum Gasteiger partial charge on any atom is 0.214 e. The van der Waals surface area contributed by atoms with Crippen LogP contribution in [-0.2, 0) is 9.84 Å². The monoisotopic (exact) mass is 397 g/mol. The number of sulfone groups is 1. The molecule has 0 saturated carbocycles. The average molecular weight is 398 g/mol. The molecule has 1 saturated heterocycles. The van der Waals surface area contributed by atoms with Gasteiger partial charge in [-0.1, -0.05) is 25.1 Å². The number of hydrogen-bond acceptors (Lipinski definition) is 4. The van der Waals surface area contributed by atoms with Gasteiger partial charge in [0.25, 0.3) is 0 Å². The van der Waals surface area contributed by atoms with Crippen LogP contribution in [0, 0.1) is 5.92 Å². The van der Waals surface area contributed by atoms with E-state index < -0.39 is 9.84 Å². The number of H-pyrrole nitrogens is 1. The summed E-state index contributed by atoms with van der Waals surface area (Å²) in [6, 6.07) is 14.4. The average Bonchev–Trinajstić information content (AvgIpc) is 2.73. The van der Waals surface area contributed by atoms with Gasteiger partial charge in [0.1, 0.15) is 5.75 Å². The fourth-order valence-corrected chi connectivity index (χ4v) is 5.44. The van der Waals surface area contributed by atoms with Crippen LogP contribution in [0.2, 0.25) is 0 Å². The van der Waals surface area contributed by atoms with Gasteiger partial charge in [-0.15, -0.1) is 0 Å². The molecule has 0 bridgehead atoms. The summed E-state index contributed by atoms with van der Waals surface area (Å²) in [6.07, 6.45) is 3.85. The number of nitrogens with zero attached hydrogens (tertiary/aromatic N) is 1. The lowest BCUT2D eigenvalue weighted by Crippen LogP contribution is -2.35. The van der Waals surface area contributed by atoms with Gasteiger partial charge in [0, 0.05) is 19.2 Å². The Morgan fingerprint density at radius 2 is 1.93 bits per heavy atom. The predicted molar refractivity (Wildman–Crippen MR) is 110 cm³/mol. The fourth-order valence-electron chi connectivity index (χ4n) is 3.97. The first-order chi connectivity index (χ1) is 13.5. The van der Waals surface area contributed by atoms with E-state index in [0.717, 1.165) is 42.5 Å². The molecule has 0 radical (unpaired) electrons. The van der Waals surface area contributed by atoms with Crippen LogP contribution in [0.4, 0.5) is 5.69 Å². The Labute approximate surface area is 165 Å². The van der Waals surface area contributed by atoms with Gasteiger partial charge in [-0.25, -0.2) is 13.4 Å². The van der Waals surface area contributed by atoms with Crippen LogP contribution in [0.15, 0.2) is 64.5 Å². The van der Waals surface area contributed by atoms with Crippen LogP contribution in [0.25, 0.3) is 10.9 Å². The van der Waals surface area contributed by atoms with Crippen LogP contribution in [0.5, 0.6) is 5.75 Å². The minimum atomic E-state index is -3.66. The number of nitrogens with one attached hydrogen (secondary N) is 1. The second-order valence-corrected chi connectivity index (χ2v) is 9.34. The van der Waals surface area contributed by atoms with Crippen molar-refractivity contribution in [2.75, 3.05) is 25.1 Å². The van der Waals surface area contributed by atoms with Crippen molar-refractivity contribution in [1.29, 1.82) is 0 Å². The molecule has 2 heterocycles. The van der Waals surface area contributed by atoms with Crippen molar-refractivity contribution in [1.82, 2.24) is 0 Å². The van der Waals surface area contributed by atoms with Crippen LogP contribution in [-0.4, -0.2) is 28.6 Å². The van der Waals surface area contributed by atoms with Crippen molar-refractivity contribution >= 4 is 26.4 Å². The first kappa shape index (κ1) is 18.7. The first-order valence-electron chi connectivity index (χ1n) is 9.58. The van der Waals surface area contributed by atoms with E-state index >= 15 is 0 Å². The van der Waals surface area contributed by atoms with Gasteiger partial charge in [-0.2, -0.15) is 0 Å². The second-order valence-electron chi connectivity index (χ2n) is 7.42. The van der Waals surface area contributed by atoms with Crippen LogP contribution in [0.3, 0.4) is 0 Å². The fraction of sp³-hybridized carbons (Fsp3) is 0.318. The smallest absolute Gasteiger partial charge is 0.214 e. The third kappa shape index (κ3) is 3.33. The summed E-state index contributed by atoms with van der Waals surface area (Å²) in [4.78, 5) is 6.01. The van der Waals surface area contributed by atoms with Gasteiger partial charge >= 0.3 is 0 Å². The van der Waals surface area contributed by atoms with E-state index in [1.54, 1.807) is 37.6 Å². The topological polar surface area (TPSA) is 60.8 Å². The third-order valence-electron chi connectivity index (χ3n) is 5.39. The molecule has 4 rings (SSSR count). The van der Waals surface area contributed by atoms with Gasteiger partial charge < -0.3 is 9.64 Å². The van der Waals surface area contributed by atoms with Crippen molar-refractivity contribution < 1.29 is 18.1 Å². The molecular weight excluding hydrogens is 372 g/mol. The highest BCUT2D eigenvalue weighted by Crippen LogP contribution is 2.37. The molecule has 5 nitrogen and oxygen atoms in total. The maximum atomic E-state index is 13.5. The van der Waals surface area contributed by atoms with E-state index in [9.17, 15) is 8.42 Å². The Hall–Kier alpha value is -2.60. The number of rotatable bonds is 4. The van der Waals surface area contributed by atoms with Gasteiger partial charge in [0.15, 0.2) is 11.1 Å². The van der Waals surface area contributed by atoms with E-state index in [4.69, 9.17) is 4.74 Å². The second kappa shape index (κ2) is 7.43. The zero-order chi connectivity index (χ0) is 19.7. The minimum absolute atomic E-state index is 0.303. The molecule has 0 aliphatic carbocycles. The highest BCUT2D eigenvalue weighted by Gasteiger charge is 2.31. The number of hydrogen-bond donors (Lipinski definition) is 0. The van der Waals surface area contributed by atoms with Gasteiger partial charge in [0.2, 0.25) is 15.4 Å². The van der Waals surface area contributed by atoms with Crippen molar-refractivity contribution in [3.05, 3.63) is 54.7 Å². The first-order valence-corrected chi connectivity index (χ1v) is 11.1. The normalized spacial score (nSPS) is 17.6. The summed E-state index contributed by atoms with van der Waals surface area (Å²) < 4.78 is 32.4. The zero-order valence-corrected chi connectivity index (χ0v) is 17.0. The number of ether oxygens (including phenoxy) is 1. The van der Waals surface area contributed by atoms with Crippen molar-refractivity contribution in [2.45, 2.75) is 29.6 Å². The van der Waals surface area contributed by atoms with E-state index in [1.807, 2.05) is 24.3 Å². The van der Waals surface area contributed by atoms with Crippen molar-refractivity contribution in [3.63, 3.8) is 0 Å². The Balaban J connectivity index is 1.99. The van der Waals surface area contributed by atoms with Gasteiger partial charge in [-0.3, -0.25) is 0 Å². The zero-order valence-electron chi connectivity index (χ0n) is 16.2. The number of benzene rings is 2. The van der Waals surface area contributed by atoms with Crippen molar-refractivity contribution in [2.24, 2.45) is 5.92 Å². The SMILES string of the molecule is COc1ccc2[nH+]cc(S(=O)(=O)c3ccccc3)c(N3CCC[C@@H](C)C3)c2c1. The molecule has 1 aliphatic rings. The predicted octanol–water partition coefficient (Wildman–Crippen LogP) is 3.73. The number of methoxy groups -OCH3 is 1. The van der Waals surface area contributed by atoms with Crippen molar-refractivity contribution in [3.8, 4) is 5.75 Å². The molecule has 146 valence electrons. The molecule has 1 N–H and O–H groups in total. The standard InChI is InChI=1S/C22H24N2O3S/c1-16-7-6-12-24(15-16)22-19-13-17(27-2)10-11-20(19)23-14-21(22)28(25,26)18-8-4-3-5-9-18/h3-5,8-11,13-14,16H,6-7,12,15H2,1-2H3/p+1/t16-/m1/s1. The van der Waals surface area contributed by atoms with E-state index in [-0.39, 0.29) is 0 Å². The molecular formula is C22H25N2O3S+. The lowest BCUT2D eigenvalue weighted by molar-refractivity contribution is -0.347. The molecule has 0 unspecified atom stereocenters. The highest BCUT2D eigenvalue weighted by molar-refractivity contribution is 7.91. The summed E-state index contributed by atoms with van der Waals surface area (Å²) in [5, 5.41) is 0.866. The Bertz CT molecular complexity index is 1100. The van der Waals surface area contributed by atoms with Gasteiger partial charge in [0.05, 0.1) is 23.1 Å². The van der Waals surface area contributed by atoms with Crippen LogP contribution in [0.1, 0.15) is 19.8 Å². The summed E-state index contributed by atoms with van der Waals surface area (Å²) in [6.45, 7) is 3.90. The molecule has 2 aromatic carbocycles. The lowest BCUT2D eigenvalue weighted by Gasteiger charge is -2.34. The molecule has 0 amide bonds. The van der Waals surface area contributed by atoms with Crippen LogP contribution >= 0.6 is 0 Å². The lowest BCUT2D eigenvalue weighted by atomic mass is 9.99. The summed E-state index contributed by atoms with van der Waals surface area (Å²) in [7, 11) is -2.04. The number of fused-ring (bicyclic) bond motifs is 1. The molecule has 0 spiro atoms. The molecule has 1 fully saturated rings. The Morgan fingerprint density at radius 3 is 2.64 bits per heavy atom. The van der Waals surface area contributed by atoms with E-state index in [1.165, 1.54) is 0 Å². The molecule has 6 heteroatoms. The quantitative estimate of drug-likeness (QED) is 0.673. The molecule has 1 aromatic heterocycles. The maximum absolute atomic E-state index is 13.5. The number of aromatic amines is 1. The highest BCUT2D eigenvalue weighted by atomic mass is 32.2. The van der Waals surface area contributed by atoms with Gasteiger partial charge in [-0.05, 0) is 43.0 Å². The molecule has 3 aromatic rings. The Morgan fingerprint density at radius 1 is 1.14 bits per heavy atom. The number of anilines is 1.